The van der Waals surface area contributed by atoms with Crippen LogP contribution in [0.2, 0.25) is 0 Å². The van der Waals surface area contributed by atoms with Gasteiger partial charge in [-0.05, 0) is 38.0 Å². The van der Waals surface area contributed by atoms with Crippen molar-refractivity contribution in [2.75, 3.05) is 13.2 Å². The van der Waals surface area contributed by atoms with E-state index in [-0.39, 0.29) is 0 Å². The van der Waals surface area contributed by atoms with Gasteiger partial charge in [0.15, 0.2) is 0 Å². The molecule has 1 aliphatic heterocycles. The number of hydrogen-bond acceptors (Lipinski definition) is 4. The minimum Gasteiger partial charge on any atom is -0.332 e. The lowest BCUT2D eigenvalue weighted by Crippen LogP contribution is -2.39. The van der Waals surface area contributed by atoms with Crippen molar-refractivity contribution in [3.05, 3.63) is 54.1 Å². The average Bonchev–Trinajstić information content (AvgIpc) is 2.57. The molecule has 2 heterocycles. The lowest BCUT2D eigenvalue weighted by molar-refractivity contribution is -0.249. The van der Waals surface area contributed by atoms with Crippen LogP contribution in [0.4, 0.5) is 0 Å². The summed E-state index contributed by atoms with van der Waals surface area (Å²) in [5.41, 5.74) is 1.02. The first-order valence-electron chi connectivity index (χ1n) is 7.75. The number of benzene rings is 1. The quantitative estimate of drug-likeness (QED) is 0.872. The van der Waals surface area contributed by atoms with Crippen molar-refractivity contribution in [1.29, 1.82) is 0 Å². The third-order valence-corrected chi connectivity index (χ3v) is 3.61. The average molecular weight is 299 g/mol. The van der Waals surface area contributed by atoms with Crippen LogP contribution in [0.25, 0.3) is 5.69 Å². The monoisotopic (exact) mass is 299 g/mol. The van der Waals surface area contributed by atoms with E-state index >= 15 is 0 Å². The minimum absolute atomic E-state index is 0.577. The number of nitrogens with zero attached hydrogens (tertiary/aromatic N) is 3. The molecule has 1 fully saturated rings. The Kier molecular flexibility index (Phi) is 4.65. The Morgan fingerprint density at radius 1 is 1.27 bits per heavy atom. The van der Waals surface area contributed by atoms with Gasteiger partial charge in [0.1, 0.15) is 0 Å². The van der Waals surface area contributed by atoms with Gasteiger partial charge in [-0.2, -0.15) is 5.10 Å². The van der Waals surface area contributed by atoms with Gasteiger partial charge in [-0.25, -0.2) is 9.67 Å². The molecule has 1 saturated heterocycles. The Morgan fingerprint density at radius 2 is 2.14 bits per heavy atom. The van der Waals surface area contributed by atoms with Crippen LogP contribution in [0.15, 0.2) is 53.8 Å². The normalized spacial score (nSPS) is 22.7. The van der Waals surface area contributed by atoms with Crippen molar-refractivity contribution in [3.63, 3.8) is 0 Å². The van der Waals surface area contributed by atoms with Crippen LogP contribution < -0.4 is 5.36 Å². The molecule has 1 atom stereocenters. The van der Waals surface area contributed by atoms with Gasteiger partial charge in [0.2, 0.25) is 0 Å². The largest absolute Gasteiger partial charge is 0.332 e. The van der Waals surface area contributed by atoms with Gasteiger partial charge in [-0.3, -0.25) is 0 Å². The Bertz CT molecular complexity index is 635. The summed E-state index contributed by atoms with van der Waals surface area (Å²) in [6.45, 7) is 3.23. The molecule has 5 heteroatoms. The zero-order valence-corrected chi connectivity index (χ0v) is 12.8. The fraction of sp³-hybridized carbons (Fsp3) is 0.412. The number of ether oxygens (including phenoxy) is 2. The van der Waals surface area contributed by atoms with E-state index in [2.05, 4.69) is 10.1 Å². The molecule has 0 aliphatic carbocycles. The summed E-state index contributed by atoms with van der Waals surface area (Å²) in [6, 6.07) is 11.9. The predicted molar refractivity (Wildman–Crippen MR) is 83.3 cm³/mol. The van der Waals surface area contributed by atoms with Crippen molar-refractivity contribution >= 4 is 0 Å². The van der Waals surface area contributed by atoms with Crippen LogP contribution in [-0.2, 0) is 9.47 Å². The van der Waals surface area contributed by atoms with Gasteiger partial charge in [-0.1, -0.05) is 18.2 Å². The summed E-state index contributed by atoms with van der Waals surface area (Å²) >= 11 is 0. The van der Waals surface area contributed by atoms with Crippen molar-refractivity contribution < 1.29 is 9.47 Å². The van der Waals surface area contributed by atoms with Gasteiger partial charge in [-0.15, -0.1) is 0 Å². The Morgan fingerprint density at radius 3 is 2.77 bits per heavy atom. The van der Waals surface area contributed by atoms with Gasteiger partial charge >= 0.3 is 0 Å². The number of hydrogen-bond donors (Lipinski definition) is 0. The first-order valence-corrected chi connectivity index (χ1v) is 7.75. The molecule has 5 nitrogen and oxygen atoms in total. The van der Waals surface area contributed by atoms with E-state index in [1.807, 2.05) is 54.2 Å². The van der Waals surface area contributed by atoms with Gasteiger partial charge in [0, 0.05) is 19.2 Å². The Labute approximate surface area is 130 Å². The predicted octanol–water partition coefficient (Wildman–Crippen LogP) is 2.66. The first-order chi connectivity index (χ1) is 10.8. The summed E-state index contributed by atoms with van der Waals surface area (Å²) < 4.78 is 13.4. The fourth-order valence-electron chi connectivity index (χ4n) is 2.56. The van der Waals surface area contributed by atoms with Crippen LogP contribution in [-0.4, -0.2) is 28.9 Å². The van der Waals surface area contributed by atoms with E-state index in [0.29, 0.717) is 13.2 Å². The summed E-state index contributed by atoms with van der Waals surface area (Å²) in [4.78, 5) is 4.65. The Balaban J connectivity index is 1.87. The third-order valence-electron chi connectivity index (χ3n) is 3.61. The molecule has 1 aromatic carbocycles. The zero-order valence-electron chi connectivity index (χ0n) is 12.8. The minimum atomic E-state index is -0.840. The second-order valence-electron chi connectivity index (χ2n) is 5.23. The highest BCUT2D eigenvalue weighted by atomic mass is 16.7. The summed E-state index contributed by atoms with van der Waals surface area (Å²) in [5, 5.41) is 5.18. The van der Waals surface area contributed by atoms with Gasteiger partial charge < -0.3 is 9.47 Å². The van der Waals surface area contributed by atoms with E-state index < -0.39 is 5.91 Å². The maximum absolute atomic E-state index is 5.80. The van der Waals surface area contributed by atoms with Crippen LogP contribution >= 0.6 is 0 Å². The lowest BCUT2D eigenvalue weighted by atomic mass is 10.1. The van der Waals surface area contributed by atoms with Crippen LogP contribution in [0, 0.1) is 0 Å². The molecule has 0 radical (unpaired) electrons. The smallest absolute Gasteiger partial charge is 0.269 e. The number of rotatable bonds is 4. The highest BCUT2D eigenvalue weighted by Crippen LogP contribution is 2.27. The molecule has 116 valence electrons. The first kappa shape index (κ1) is 14.9. The van der Waals surface area contributed by atoms with E-state index in [1.54, 1.807) is 6.20 Å². The van der Waals surface area contributed by atoms with Crippen molar-refractivity contribution in [2.24, 2.45) is 4.99 Å². The number of para-hydroxylation sites is 1. The molecule has 0 N–H and O–H groups in total. The summed E-state index contributed by atoms with van der Waals surface area (Å²) in [5.74, 6) is -0.840. The number of aromatic nitrogens is 2. The zero-order chi connectivity index (χ0) is 15.3. The van der Waals surface area contributed by atoms with E-state index in [9.17, 15) is 0 Å². The molecule has 3 rings (SSSR count). The lowest BCUT2D eigenvalue weighted by Gasteiger charge is -2.32. The highest BCUT2D eigenvalue weighted by Gasteiger charge is 2.33. The SMILES string of the molecule is CCOC1(/N=c2/ccn(-c3ccccc3)nc2)CCCCO1. The molecular weight excluding hydrogens is 278 g/mol. The molecule has 1 aliphatic rings. The molecule has 0 saturated carbocycles. The molecule has 1 unspecified atom stereocenters. The van der Waals surface area contributed by atoms with Crippen molar-refractivity contribution in [3.8, 4) is 5.69 Å². The molecule has 0 bridgehead atoms. The second kappa shape index (κ2) is 6.85. The maximum atomic E-state index is 5.80. The molecule has 0 amide bonds. The second-order valence-corrected chi connectivity index (χ2v) is 5.23. The topological polar surface area (TPSA) is 48.6 Å². The summed E-state index contributed by atoms with van der Waals surface area (Å²) in [7, 11) is 0. The Hall–Kier alpha value is -1.98. The van der Waals surface area contributed by atoms with Crippen LogP contribution in [0.5, 0.6) is 0 Å². The highest BCUT2D eigenvalue weighted by molar-refractivity contribution is 5.29. The van der Waals surface area contributed by atoms with Crippen LogP contribution in [0.1, 0.15) is 26.2 Å². The standard InChI is InChI=1S/C17H21N3O2/c1-2-21-17(11-6-7-13-22-17)19-15-10-12-20(18-14-15)16-8-4-3-5-9-16/h3-5,8-10,12,14H,2,6-7,11,13H2,1H3/b19-15-. The van der Waals surface area contributed by atoms with Crippen molar-refractivity contribution in [1.82, 2.24) is 9.78 Å². The van der Waals surface area contributed by atoms with E-state index in [0.717, 1.165) is 30.3 Å². The van der Waals surface area contributed by atoms with E-state index in [1.165, 1.54) is 0 Å². The fourth-order valence-corrected chi connectivity index (χ4v) is 2.56. The maximum Gasteiger partial charge on any atom is 0.269 e. The van der Waals surface area contributed by atoms with E-state index in [4.69, 9.17) is 9.47 Å². The molecule has 1 aromatic heterocycles. The molecule has 2 aromatic rings. The van der Waals surface area contributed by atoms with Gasteiger partial charge in [0.25, 0.3) is 5.91 Å². The molecular formula is C17H21N3O2. The van der Waals surface area contributed by atoms with Gasteiger partial charge in [0.05, 0.1) is 23.8 Å². The molecule has 0 spiro atoms. The third kappa shape index (κ3) is 3.43. The molecule has 22 heavy (non-hydrogen) atoms. The summed E-state index contributed by atoms with van der Waals surface area (Å²) in [6.07, 6.45) is 6.55. The van der Waals surface area contributed by atoms with Crippen molar-refractivity contribution in [2.45, 2.75) is 32.1 Å². The van der Waals surface area contributed by atoms with Crippen LogP contribution in [0.3, 0.4) is 0 Å².